The molecule has 0 radical (unpaired) electrons. The monoisotopic (exact) mass is 1200 g/mol. The van der Waals surface area contributed by atoms with Crippen LogP contribution in [0.2, 0.25) is 5.02 Å². The maximum Gasteiger partial charge on any atom is 0.252 e. The standard InChI is InChI=1S/C86H82BClN2O/c1-82(2,3)58-38-29-53(30-39-58)64-22-18-23-65(54-31-40-59(41-32-54)83(4,5)6)79(64)89-73-48-37-57(68-26-20-27-70-69-21-16-17-28-77(69)91-81(68)70)49-72(73)87-71-47-46-63(88)52-74(71)90(76-51-62(86(13,14)15)50-75(89)78(76)87)80-66(55-33-42-60(43-34-55)84(7,8)9)24-19-25-67(80)56-35-44-61(45-36-56)85(10,11)12/h16-52H,1-15H3. The zero-order chi connectivity index (χ0) is 63.8. The minimum atomic E-state index is -0.287. The van der Waals surface area contributed by atoms with Crippen LogP contribution < -0.4 is 26.2 Å². The molecular weight excluding hydrogens is 1120 g/mol. The predicted molar refractivity (Wildman–Crippen MR) is 393 cm³/mol. The van der Waals surface area contributed by atoms with Crippen molar-refractivity contribution in [3.05, 3.63) is 257 Å². The Morgan fingerprint density at radius 1 is 0.308 bits per heavy atom. The van der Waals surface area contributed by atoms with E-state index in [9.17, 15) is 0 Å². The van der Waals surface area contributed by atoms with Gasteiger partial charge >= 0.3 is 0 Å². The second-order valence-electron chi connectivity index (χ2n) is 30.8. The summed E-state index contributed by atoms with van der Waals surface area (Å²) in [7, 11) is 0. The summed E-state index contributed by atoms with van der Waals surface area (Å²) in [6.45, 7) is 34.4. The molecule has 0 N–H and O–H groups in total. The van der Waals surface area contributed by atoms with E-state index in [-0.39, 0.29) is 33.8 Å². The van der Waals surface area contributed by atoms with E-state index in [1.54, 1.807) is 0 Å². The van der Waals surface area contributed by atoms with E-state index in [0.717, 1.165) is 112 Å². The molecule has 0 fully saturated rings. The zero-order valence-corrected chi connectivity index (χ0v) is 56.4. The van der Waals surface area contributed by atoms with Gasteiger partial charge in [-0.2, -0.15) is 0 Å². The molecule has 1 aromatic heterocycles. The molecule has 0 saturated heterocycles. The lowest BCUT2D eigenvalue weighted by Gasteiger charge is -2.46. The highest BCUT2D eigenvalue weighted by atomic mass is 35.5. The predicted octanol–water partition coefficient (Wildman–Crippen LogP) is 23.1. The van der Waals surface area contributed by atoms with Crippen molar-refractivity contribution in [3.63, 3.8) is 0 Å². The molecule has 91 heavy (non-hydrogen) atoms. The Hall–Kier alpha value is -8.83. The molecule has 2 aliphatic heterocycles. The van der Waals surface area contributed by atoms with Crippen LogP contribution in [0.3, 0.4) is 0 Å². The first kappa shape index (κ1) is 59.8. The van der Waals surface area contributed by atoms with Gasteiger partial charge in [-0.05, 0) is 135 Å². The number of anilines is 6. The van der Waals surface area contributed by atoms with Crippen molar-refractivity contribution < 1.29 is 4.42 Å². The zero-order valence-electron chi connectivity index (χ0n) is 55.6. The molecule has 3 heterocycles. The van der Waals surface area contributed by atoms with Gasteiger partial charge in [0.2, 0.25) is 0 Å². The summed E-state index contributed by atoms with van der Waals surface area (Å²) in [6, 6.07) is 85.2. The Morgan fingerprint density at radius 3 is 1.13 bits per heavy atom. The highest BCUT2D eigenvalue weighted by molar-refractivity contribution is 7.00. The summed E-state index contributed by atoms with van der Waals surface area (Å²) in [5.41, 5.74) is 29.4. The fraction of sp³-hybridized carbons (Fsp3) is 0.233. The van der Waals surface area contributed by atoms with Crippen molar-refractivity contribution in [2.75, 3.05) is 9.80 Å². The van der Waals surface area contributed by atoms with Crippen LogP contribution in [0.5, 0.6) is 0 Å². The number of furan rings is 1. The highest BCUT2D eigenvalue weighted by Gasteiger charge is 2.46. The molecule has 0 spiro atoms. The fourth-order valence-electron chi connectivity index (χ4n) is 14.1. The fourth-order valence-corrected chi connectivity index (χ4v) is 14.3. The molecule has 11 aromatic carbocycles. The number of rotatable bonds is 7. The Bertz CT molecular complexity index is 4670. The van der Waals surface area contributed by atoms with E-state index in [2.05, 4.69) is 338 Å². The maximum absolute atomic E-state index is 7.50. The maximum atomic E-state index is 7.50. The van der Waals surface area contributed by atoms with Crippen molar-refractivity contribution in [1.29, 1.82) is 0 Å². The van der Waals surface area contributed by atoms with Gasteiger partial charge in [0.15, 0.2) is 0 Å². The van der Waals surface area contributed by atoms with Crippen LogP contribution in [0.25, 0.3) is 77.6 Å². The second kappa shape index (κ2) is 21.7. The van der Waals surface area contributed by atoms with Gasteiger partial charge < -0.3 is 14.2 Å². The van der Waals surface area contributed by atoms with Crippen LogP contribution in [0, 0.1) is 0 Å². The molecule has 14 rings (SSSR count). The van der Waals surface area contributed by atoms with E-state index in [1.807, 2.05) is 0 Å². The molecule has 0 amide bonds. The van der Waals surface area contributed by atoms with E-state index < -0.39 is 0 Å². The summed E-state index contributed by atoms with van der Waals surface area (Å²) in [5, 5.41) is 2.89. The molecule has 12 aromatic rings. The number of hydrogen-bond acceptors (Lipinski definition) is 3. The van der Waals surface area contributed by atoms with Gasteiger partial charge in [-0.3, -0.25) is 0 Å². The third-order valence-electron chi connectivity index (χ3n) is 19.4. The highest BCUT2D eigenvalue weighted by Crippen LogP contribution is 2.54. The summed E-state index contributed by atoms with van der Waals surface area (Å²) in [6.07, 6.45) is 0. The van der Waals surface area contributed by atoms with E-state index >= 15 is 0 Å². The van der Waals surface area contributed by atoms with Crippen LogP contribution in [0.4, 0.5) is 34.1 Å². The average Bonchev–Trinajstić information content (AvgIpc) is 0.937. The number of hydrogen-bond donors (Lipinski definition) is 0. The molecule has 0 atom stereocenters. The normalized spacial score (nSPS) is 13.4. The lowest BCUT2D eigenvalue weighted by Crippen LogP contribution is -2.61. The number of benzene rings is 11. The molecule has 0 aliphatic carbocycles. The van der Waals surface area contributed by atoms with E-state index in [1.165, 1.54) is 44.2 Å². The van der Waals surface area contributed by atoms with Crippen LogP contribution in [-0.4, -0.2) is 6.71 Å². The van der Waals surface area contributed by atoms with Crippen molar-refractivity contribution in [2.45, 2.75) is 131 Å². The van der Waals surface area contributed by atoms with Crippen LogP contribution in [0.15, 0.2) is 229 Å². The molecule has 3 nitrogen and oxygen atoms in total. The lowest BCUT2D eigenvalue weighted by atomic mass is 9.33. The molecule has 5 heteroatoms. The first-order valence-corrected chi connectivity index (χ1v) is 32.9. The SMILES string of the molecule is CC(C)(C)c1ccc(-c2cccc(-c3ccc(C(C)(C)C)cc3)c2N2c3ccc(-c4cccc5c4oc4ccccc45)cc3B3c4ccc(Cl)cc4N(c4c(-c5ccc(C(C)(C)C)cc5)cccc4-c4ccc(C(C)(C)C)cc4)c4cc(C(C)(C)C)cc2c43)cc1. The molecule has 2 aliphatic rings. The van der Waals surface area contributed by atoms with Gasteiger partial charge in [-0.25, -0.2) is 0 Å². The number of fused-ring (bicyclic) bond motifs is 7. The van der Waals surface area contributed by atoms with Crippen LogP contribution in [0.1, 0.15) is 132 Å². The molecule has 0 bridgehead atoms. The van der Waals surface area contributed by atoms with E-state index in [0.29, 0.717) is 5.02 Å². The van der Waals surface area contributed by atoms with Crippen molar-refractivity contribution >= 4 is 90.8 Å². The topological polar surface area (TPSA) is 19.6 Å². The van der Waals surface area contributed by atoms with E-state index in [4.69, 9.17) is 16.0 Å². The molecule has 452 valence electrons. The summed E-state index contributed by atoms with van der Waals surface area (Å²) in [5.74, 6) is 0. The Morgan fingerprint density at radius 2 is 0.692 bits per heavy atom. The summed E-state index contributed by atoms with van der Waals surface area (Å²) in [4.78, 5) is 5.27. The van der Waals surface area contributed by atoms with Crippen molar-refractivity contribution in [1.82, 2.24) is 0 Å². The van der Waals surface area contributed by atoms with Gasteiger partial charge in [0, 0.05) is 66.4 Å². The molecule has 0 unspecified atom stereocenters. The van der Waals surface area contributed by atoms with Crippen molar-refractivity contribution in [2.24, 2.45) is 0 Å². The third kappa shape index (κ3) is 10.5. The van der Waals surface area contributed by atoms with Gasteiger partial charge in [-0.15, -0.1) is 0 Å². The lowest BCUT2D eigenvalue weighted by molar-refractivity contribution is 0.590. The van der Waals surface area contributed by atoms with Crippen LogP contribution >= 0.6 is 11.6 Å². The first-order valence-electron chi connectivity index (χ1n) is 32.5. The van der Waals surface area contributed by atoms with Gasteiger partial charge in [0.25, 0.3) is 6.71 Å². The second-order valence-corrected chi connectivity index (χ2v) is 31.2. The molecular formula is C86H82BClN2O. The van der Waals surface area contributed by atoms with Crippen LogP contribution in [-0.2, 0) is 27.1 Å². The van der Waals surface area contributed by atoms with Gasteiger partial charge in [0.05, 0.1) is 11.4 Å². The number of nitrogens with zero attached hydrogens (tertiary/aromatic N) is 2. The minimum Gasteiger partial charge on any atom is -0.455 e. The minimum absolute atomic E-state index is 0.0209. The Labute approximate surface area is 545 Å². The smallest absolute Gasteiger partial charge is 0.252 e. The largest absolute Gasteiger partial charge is 0.455 e. The quantitative estimate of drug-likeness (QED) is 0.148. The van der Waals surface area contributed by atoms with Crippen molar-refractivity contribution in [3.8, 4) is 55.6 Å². The molecule has 0 saturated carbocycles. The summed E-state index contributed by atoms with van der Waals surface area (Å²) >= 11 is 7.50. The third-order valence-corrected chi connectivity index (χ3v) is 19.6. The Balaban J connectivity index is 1.13. The number of halogens is 1. The summed E-state index contributed by atoms with van der Waals surface area (Å²) < 4.78 is 6.89. The average molecular weight is 1210 g/mol. The first-order chi connectivity index (χ1) is 43.2. The Kier molecular flexibility index (Phi) is 14.2. The van der Waals surface area contributed by atoms with Gasteiger partial charge in [0.1, 0.15) is 11.2 Å². The number of para-hydroxylation sites is 4. The van der Waals surface area contributed by atoms with Gasteiger partial charge in [-0.1, -0.05) is 304 Å².